The van der Waals surface area contributed by atoms with E-state index in [0.29, 0.717) is 11.8 Å². The summed E-state index contributed by atoms with van der Waals surface area (Å²) in [7, 11) is -1.48. The van der Waals surface area contributed by atoms with E-state index < -0.39 is 8.32 Å². The Hall–Kier alpha value is 0.137. The maximum atomic E-state index is 5.97. The molecule has 0 N–H and O–H groups in total. The number of hydrogen-bond acceptors (Lipinski definition) is 2. The first-order valence-electron chi connectivity index (χ1n) is 5.52. The van der Waals surface area contributed by atoms with Gasteiger partial charge < -0.3 is 9.16 Å². The molecule has 1 atom stereocenters. The lowest BCUT2D eigenvalue weighted by Gasteiger charge is -2.29. The number of hydrogen-bond donors (Lipinski definition) is 0. The Morgan fingerprint density at radius 1 is 1.00 bits per heavy atom. The molecule has 1 unspecified atom stereocenters. The van der Waals surface area contributed by atoms with Gasteiger partial charge >= 0.3 is 0 Å². The van der Waals surface area contributed by atoms with Crippen LogP contribution in [0.1, 0.15) is 27.7 Å². The van der Waals surface area contributed by atoms with Gasteiger partial charge in [-0.05, 0) is 25.6 Å². The van der Waals surface area contributed by atoms with Crippen molar-refractivity contribution in [1.82, 2.24) is 0 Å². The molecule has 0 aliphatic heterocycles. The second-order valence-electron chi connectivity index (χ2n) is 5.57. The molecule has 86 valence electrons. The van der Waals surface area contributed by atoms with Gasteiger partial charge in [0.25, 0.3) is 0 Å². The summed E-state index contributed by atoms with van der Waals surface area (Å²) in [6, 6.07) is 0. The van der Waals surface area contributed by atoms with E-state index in [0.717, 1.165) is 6.61 Å². The zero-order valence-electron chi connectivity index (χ0n) is 10.8. The Labute approximate surface area is 90.1 Å². The Morgan fingerprint density at radius 2 is 1.50 bits per heavy atom. The third-order valence-electron chi connectivity index (χ3n) is 1.61. The van der Waals surface area contributed by atoms with Gasteiger partial charge in [-0.1, -0.05) is 27.7 Å². The van der Waals surface area contributed by atoms with Crippen LogP contribution in [-0.2, 0) is 9.16 Å². The van der Waals surface area contributed by atoms with E-state index in [1.165, 1.54) is 0 Å². The first kappa shape index (κ1) is 14.1. The maximum Gasteiger partial charge on any atom is 0.187 e. The lowest BCUT2D eigenvalue weighted by Crippen LogP contribution is -2.37. The van der Waals surface area contributed by atoms with Crippen molar-refractivity contribution in [1.29, 1.82) is 0 Å². The van der Waals surface area contributed by atoms with Crippen molar-refractivity contribution < 1.29 is 9.16 Å². The van der Waals surface area contributed by atoms with E-state index in [2.05, 4.69) is 47.3 Å². The van der Waals surface area contributed by atoms with Gasteiger partial charge in [-0.3, -0.25) is 0 Å². The quantitative estimate of drug-likeness (QED) is 0.502. The minimum absolute atomic E-state index is 0.0240. The van der Waals surface area contributed by atoms with Gasteiger partial charge in [-0.25, -0.2) is 0 Å². The first-order valence-corrected chi connectivity index (χ1v) is 8.92. The predicted molar refractivity (Wildman–Crippen MR) is 63.8 cm³/mol. The summed E-state index contributed by atoms with van der Waals surface area (Å²) in [5, 5.41) is 0. The smallest absolute Gasteiger partial charge is 0.187 e. The molecule has 0 amide bonds. The molecule has 0 fully saturated rings. The lowest BCUT2D eigenvalue weighted by atomic mass is 10.2. The molecular weight excluding hydrogens is 192 g/mol. The van der Waals surface area contributed by atoms with Gasteiger partial charge in [0, 0.05) is 5.92 Å². The fraction of sp³-hybridized carbons (Fsp3) is 1.00. The van der Waals surface area contributed by atoms with Crippen molar-refractivity contribution in [3.63, 3.8) is 0 Å². The van der Waals surface area contributed by atoms with Crippen molar-refractivity contribution in [2.45, 2.75) is 53.6 Å². The maximum absolute atomic E-state index is 5.97. The molecule has 0 rings (SSSR count). The zero-order chi connectivity index (χ0) is 11.4. The Bertz CT molecular complexity index is 150. The van der Waals surface area contributed by atoms with Crippen LogP contribution in [0.4, 0.5) is 0 Å². The van der Waals surface area contributed by atoms with E-state index in [1.54, 1.807) is 0 Å². The van der Waals surface area contributed by atoms with Crippen LogP contribution in [0.15, 0.2) is 0 Å². The highest BCUT2D eigenvalue weighted by atomic mass is 28.4. The standard InChI is InChI=1S/C11H26O2Si/c1-9(2)8-12-11(10(3)4)13-14(5,6)7/h9-11H,8H2,1-7H3. The van der Waals surface area contributed by atoms with Crippen molar-refractivity contribution in [2.75, 3.05) is 6.61 Å². The van der Waals surface area contributed by atoms with Crippen LogP contribution in [0.25, 0.3) is 0 Å². The van der Waals surface area contributed by atoms with Crippen LogP contribution >= 0.6 is 0 Å². The van der Waals surface area contributed by atoms with Crippen molar-refractivity contribution in [2.24, 2.45) is 11.8 Å². The lowest BCUT2D eigenvalue weighted by molar-refractivity contribution is -0.120. The van der Waals surface area contributed by atoms with Crippen LogP contribution in [0, 0.1) is 11.8 Å². The predicted octanol–water partition coefficient (Wildman–Crippen LogP) is 3.49. The summed E-state index contributed by atoms with van der Waals surface area (Å²) in [4.78, 5) is 0. The molecular formula is C11H26O2Si. The van der Waals surface area contributed by atoms with Crippen molar-refractivity contribution in [3.8, 4) is 0 Å². The first-order chi connectivity index (χ1) is 6.22. The third-order valence-corrected chi connectivity index (χ3v) is 2.55. The highest BCUT2D eigenvalue weighted by molar-refractivity contribution is 6.69. The number of ether oxygens (including phenoxy) is 1. The minimum atomic E-state index is -1.48. The van der Waals surface area contributed by atoms with Gasteiger partial charge in [-0.15, -0.1) is 0 Å². The second kappa shape index (κ2) is 5.88. The molecule has 0 bridgehead atoms. The molecule has 0 aliphatic carbocycles. The molecule has 0 radical (unpaired) electrons. The Kier molecular flexibility index (Phi) is 5.94. The van der Waals surface area contributed by atoms with E-state index >= 15 is 0 Å². The van der Waals surface area contributed by atoms with Gasteiger partial charge in [-0.2, -0.15) is 0 Å². The van der Waals surface area contributed by atoms with Gasteiger partial charge in [0.05, 0.1) is 6.61 Å². The average molecular weight is 218 g/mol. The van der Waals surface area contributed by atoms with Gasteiger partial charge in [0.15, 0.2) is 8.32 Å². The number of rotatable bonds is 6. The van der Waals surface area contributed by atoms with E-state index in [4.69, 9.17) is 9.16 Å². The summed E-state index contributed by atoms with van der Waals surface area (Å²) < 4.78 is 11.7. The molecule has 0 heterocycles. The van der Waals surface area contributed by atoms with Crippen LogP contribution in [0.3, 0.4) is 0 Å². The SMILES string of the molecule is CC(C)COC(O[Si](C)(C)C)C(C)C. The topological polar surface area (TPSA) is 18.5 Å². The van der Waals surface area contributed by atoms with Crippen LogP contribution in [-0.4, -0.2) is 21.2 Å². The van der Waals surface area contributed by atoms with Crippen LogP contribution in [0.5, 0.6) is 0 Å². The summed E-state index contributed by atoms with van der Waals surface area (Å²) in [6.07, 6.45) is -0.0240. The largest absolute Gasteiger partial charge is 0.393 e. The summed E-state index contributed by atoms with van der Waals surface area (Å²) >= 11 is 0. The fourth-order valence-corrected chi connectivity index (χ4v) is 2.04. The summed E-state index contributed by atoms with van der Waals surface area (Å²) in [6.45, 7) is 16.0. The van der Waals surface area contributed by atoms with Crippen LogP contribution in [0.2, 0.25) is 19.6 Å². The monoisotopic (exact) mass is 218 g/mol. The molecule has 0 saturated heterocycles. The second-order valence-corrected chi connectivity index (χ2v) is 10.0. The molecule has 0 aromatic carbocycles. The molecule has 0 saturated carbocycles. The zero-order valence-corrected chi connectivity index (χ0v) is 11.8. The molecule has 3 heteroatoms. The fourth-order valence-electron chi connectivity index (χ4n) is 0.998. The third kappa shape index (κ3) is 7.53. The normalized spacial score (nSPS) is 15.2. The van der Waals surface area contributed by atoms with Crippen LogP contribution < -0.4 is 0 Å². The summed E-state index contributed by atoms with van der Waals surface area (Å²) in [5.74, 6) is 1.00. The molecule has 0 aromatic heterocycles. The molecule has 0 aliphatic rings. The molecule has 2 nitrogen and oxygen atoms in total. The molecule has 14 heavy (non-hydrogen) atoms. The Balaban J connectivity index is 4.03. The van der Waals surface area contributed by atoms with Gasteiger partial charge in [0.1, 0.15) is 6.29 Å². The minimum Gasteiger partial charge on any atom is -0.393 e. The molecule has 0 spiro atoms. The highest BCUT2D eigenvalue weighted by Crippen LogP contribution is 2.16. The molecule has 0 aromatic rings. The van der Waals surface area contributed by atoms with Crippen molar-refractivity contribution >= 4 is 8.32 Å². The summed E-state index contributed by atoms with van der Waals surface area (Å²) in [5.41, 5.74) is 0. The van der Waals surface area contributed by atoms with E-state index in [1.807, 2.05) is 0 Å². The van der Waals surface area contributed by atoms with Crippen molar-refractivity contribution in [3.05, 3.63) is 0 Å². The average Bonchev–Trinajstić information content (AvgIpc) is 1.94. The van der Waals surface area contributed by atoms with Gasteiger partial charge in [0.2, 0.25) is 0 Å². The Morgan fingerprint density at radius 3 is 1.79 bits per heavy atom. The highest BCUT2D eigenvalue weighted by Gasteiger charge is 2.24. The van der Waals surface area contributed by atoms with E-state index in [-0.39, 0.29) is 6.29 Å². The van der Waals surface area contributed by atoms with E-state index in [9.17, 15) is 0 Å².